The number of ether oxygens (including phenoxy) is 1. The lowest BCUT2D eigenvalue weighted by Crippen LogP contribution is -2.39. The zero-order valence-electron chi connectivity index (χ0n) is 13.9. The number of rotatable bonds is 5. The van der Waals surface area contributed by atoms with Crippen LogP contribution in [0.15, 0.2) is 5.38 Å². The van der Waals surface area contributed by atoms with E-state index in [9.17, 15) is 4.79 Å². The highest BCUT2D eigenvalue weighted by Gasteiger charge is 2.27. The van der Waals surface area contributed by atoms with Gasteiger partial charge < -0.3 is 15.4 Å². The summed E-state index contributed by atoms with van der Waals surface area (Å²) in [6.45, 7) is 8.61. The lowest BCUT2D eigenvalue weighted by atomic mass is 10.2. The average molecular weight is 325 g/mol. The van der Waals surface area contributed by atoms with Gasteiger partial charge in [0.15, 0.2) is 0 Å². The van der Waals surface area contributed by atoms with Crippen molar-refractivity contribution in [2.75, 3.05) is 6.54 Å². The van der Waals surface area contributed by atoms with Gasteiger partial charge in [-0.15, -0.1) is 11.3 Å². The molecule has 1 heterocycles. The van der Waals surface area contributed by atoms with Gasteiger partial charge in [-0.1, -0.05) is 0 Å². The summed E-state index contributed by atoms with van der Waals surface area (Å²) in [5, 5.41) is 9.81. The molecule has 0 saturated heterocycles. The summed E-state index contributed by atoms with van der Waals surface area (Å²) in [7, 11) is 0. The Morgan fingerprint density at radius 1 is 1.41 bits per heavy atom. The second kappa shape index (κ2) is 7.42. The summed E-state index contributed by atoms with van der Waals surface area (Å²) in [5.74, 6) is 0. The molecule has 124 valence electrons. The number of hydrogen-bond acceptors (Lipinski definition) is 5. The SMILES string of the molecule is Cc1csc(CCNC2CCC(NC(=O)OC(C)(C)C)C2)n1. The molecule has 0 aromatic carbocycles. The molecule has 6 heteroatoms. The van der Waals surface area contributed by atoms with Gasteiger partial charge in [-0.25, -0.2) is 9.78 Å². The second-order valence-corrected chi connectivity index (χ2v) is 7.88. The standard InChI is InChI=1S/C16H27N3O2S/c1-11-10-22-14(18-11)7-8-17-12-5-6-13(9-12)19-15(20)21-16(2,3)4/h10,12-13,17H,5-9H2,1-4H3,(H,19,20). The molecule has 0 spiro atoms. The largest absolute Gasteiger partial charge is 0.444 e. The Morgan fingerprint density at radius 2 is 2.14 bits per heavy atom. The van der Waals surface area contributed by atoms with Crippen molar-refractivity contribution >= 4 is 17.4 Å². The van der Waals surface area contributed by atoms with E-state index in [0.29, 0.717) is 6.04 Å². The van der Waals surface area contributed by atoms with E-state index in [1.807, 2.05) is 27.7 Å². The molecule has 2 unspecified atom stereocenters. The zero-order chi connectivity index (χ0) is 16.2. The quantitative estimate of drug-likeness (QED) is 0.873. The molecule has 0 bridgehead atoms. The van der Waals surface area contributed by atoms with Gasteiger partial charge in [0.2, 0.25) is 0 Å². The Labute approximate surface area is 136 Å². The number of hydrogen-bond donors (Lipinski definition) is 2. The van der Waals surface area contributed by atoms with E-state index >= 15 is 0 Å². The first-order valence-corrected chi connectivity index (χ1v) is 8.84. The third-order valence-electron chi connectivity index (χ3n) is 3.59. The molecule has 0 aliphatic heterocycles. The van der Waals surface area contributed by atoms with Crippen LogP contribution < -0.4 is 10.6 Å². The van der Waals surface area contributed by atoms with E-state index in [0.717, 1.165) is 37.9 Å². The Kier molecular flexibility index (Phi) is 5.81. The fourth-order valence-corrected chi connectivity index (χ4v) is 3.45. The van der Waals surface area contributed by atoms with Crippen LogP contribution in [0.2, 0.25) is 0 Å². The van der Waals surface area contributed by atoms with E-state index in [1.54, 1.807) is 11.3 Å². The van der Waals surface area contributed by atoms with E-state index in [-0.39, 0.29) is 12.1 Å². The van der Waals surface area contributed by atoms with Crippen LogP contribution in [0.4, 0.5) is 4.79 Å². The van der Waals surface area contributed by atoms with Gasteiger partial charge in [-0.3, -0.25) is 0 Å². The molecule has 1 aromatic heterocycles. The highest BCUT2D eigenvalue weighted by atomic mass is 32.1. The highest BCUT2D eigenvalue weighted by Crippen LogP contribution is 2.20. The number of nitrogens with one attached hydrogen (secondary N) is 2. The number of aromatic nitrogens is 1. The summed E-state index contributed by atoms with van der Waals surface area (Å²) in [5.41, 5.74) is 0.661. The summed E-state index contributed by atoms with van der Waals surface area (Å²) < 4.78 is 5.30. The Hall–Kier alpha value is -1.14. The van der Waals surface area contributed by atoms with Crippen LogP contribution in [0.25, 0.3) is 0 Å². The van der Waals surface area contributed by atoms with Crippen molar-refractivity contribution in [1.29, 1.82) is 0 Å². The predicted octanol–water partition coefficient (Wildman–Crippen LogP) is 3.03. The average Bonchev–Trinajstić information content (AvgIpc) is 2.97. The maximum absolute atomic E-state index is 11.8. The van der Waals surface area contributed by atoms with E-state index < -0.39 is 5.60 Å². The zero-order valence-corrected chi connectivity index (χ0v) is 14.8. The van der Waals surface area contributed by atoms with Gasteiger partial charge in [0.25, 0.3) is 0 Å². The van der Waals surface area contributed by atoms with Gasteiger partial charge in [-0.2, -0.15) is 0 Å². The Morgan fingerprint density at radius 3 is 2.77 bits per heavy atom. The number of thiazole rings is 1. The summed E-state index contributed by atoms with van der Waals surface area (Å²) in [6, 6.07) is 0.690. The summed E-state index contributed by atoms with van der Waals surface area (Å²) >= 11 is 1.72. The number of amides is 1. The normalized spacial score (nSPS) is 21.8. The number of alkyl carbamates (subject to hydrolysis) is 1. The summed E-state index contributed by atoms with van der Waals surface area (Å²) in [4.78, 5) is 16.2. The van der Waals surface area contributed by atoms with E-state index in [2.05, 4.69) is 21.0 Å². The molecular formula is C16H27N3O2S. The first-order valence-electron chi connectivity index (χ1n) is 7.96. The highest BCUT2D eigenvalue weighted by molar-refractivity contribution is 7.09. The molecule has 1 aliphatic rings. The van der Waals surface area contributed by atoms with Crippen LogP contribution in [0.1, 0.15) is 50.7 Å². The second-order valence-electron chi connectivity index (χ2n) is 6.94. The smallest absolute Gasteiger partial charge is 0.407 e. The molecular weight excluding hydrogens is 298 g/mol. The molecule has 2 rings (SSSR count). The molecule has 22 heavy (non-hydrogen) atoms. The minimum Gasteiger partial charge on any atom is -0.444 e. The first-order chi connectivity index (χ1) is 10.3. The Balaban J connectivity index is 1.64. The number of carbonyl (C=O) groups is 1. The van der Waals surface area contributed by atoms with Gasteiger partial charge >= 0.3 is 6.09 Å². The minimum absolute atomic E-state index is 0.217. The lowest BCUT2D eigenvalue weighted by molar-refractivity contribution is 0.0505. The number of carbonyl (C=O) groups excluding carboxylic acids is 1. The third kappa shape index (κ3) is 5.93. The molecule has 2 atom stereocenters. The fourth-order valence-electron chi connectivity index (χ4n) is 2.67. The van der Waals surface area contributed by atoms with Crippen LogP contribution in [-0.4, -0.2) is 35.3 Å². The number of nitrogens with zero attached hydrogens (tertiary/aromatic N) is 1. The maximum Gasteiger partial charge on any atom is 0.407 e. The van der Waals surface area contributed by atoms with E-state index in [1.165, 1.54) is 5.01 Å². The minimum atomic E-state index is -0.438. The van der Waals surface area contributed by atoms with Crippen LogP contribution in [0, 0.1) is 6.92 Å². The van der Waals surface area contributed by atoms with Crippen LogP contribution in [-0.2, 0) is 11.2 Å². The molecule has 1 saturated carbocycles. The topological polar surface area (TPSA) is 63.2 Å². The van der Waals surface area contributed by atoms with Crippen molar-refractivity contribution in [3.05, 3.63) is 16.1 Å². The summed E-state index contributed by atoms with van der Waals surface area (Å²) in [6.07, 6.45) is 3.73. The molecule has 0 radical (unpaired) electrons. The molecule has 2 N–H and O–H groups in total. The van der Waals surface area contributed by atoms with Crippen LogP contribution in [0.3, 0.4) is 0 Å². The van der Waals surface area contributed by atoms with Crippen LogP contribution in [0.5, 0.6) is 0 Å². The molecule has 1 aliphatic carbocycles. The molecule has 1 aromatic rings. The predicted molar refractivity (Wildman–Crippen MR) is 89.4 cm³/mol. The van der Waals surface area contributed by atoms with Crippen molar-refractivity contribution < 1.29 is 9.53 Å². The van der Waals surface area contributed by atoms with E-state index in [4.69, 9.17) is 4.74 Å². The third-order valence-corrected chi connectivity index (χ3v) is 4.62. The lowest BCUT2D eigenvalue weighted by Gasteiger charge is -2.21. The monoisotopic (exact) mass is 325 g/mol. The van der Waals surface area contributed by atoms with Crippen molar-refractivity contribution in [2.45, 2.75) is 71.1 Å². The molecule has 1 amide bonds. The van der Waals surface area contributed by atoms with Crippen molar-refractivity contribution in [3.8, 4) is 0 Å². The van der Waals surface area contributed by atoms with Crippen molar-refractivity contribution in [2.24, 2.45) is 0 Å². The molecule has 5 nitrogen and oxygen atoms in total. The van der Waals surface area contributed by atoms with Gasteiger partial charge in [0, 0.05) is 36.1 Å². The van der Waals surface area contributed by atoms with Crippen molar-refractivity contribution in [1.82, 2.24) is 15.6 Å². The van der Waals surface area contributed by atoms with Crippen molar-refractivity contribution in [3.63, 3.8) is 0 Å². The van der Waals surface area contributed by atoms with Gasteiger partial charge in [-0.05, 0) is 47.0 Å². The molecule has 1 fully saturated rings. The van der Waals surface area contributed by atoms with Gasteiger partial charge in [0.05, 0.1) is 5.01 Å². The fraction of sp³-hybridized carbons (Fsp3) is 0.750. The van der Waals surface area contributed by atoms with Gasteiger partial charge in [0.1, 0.15) is 5.60 Å². The van der Waals surface area contributed by atoms with Crippen LogP contribution >= 0.6 is 11.3 Å². The Bertz CT molecular complexity index is 496. The number of aryl methyl sites for hydroxylation is 1. The first kappa shape index (κ1) is 17.2. The maximum atomic E-state index is 11.8.